The zero-order chi connectivity index (χ0) is 19.1. The SMILES string of the molecule is Cc1nn(C)c(-n2cncn2)c1NS(=O)(=O)c1cccc(C(F)(F)F)c1. The van der Waals surface area contributed by atoms with Crippen LogP contribution in [0.3, 0.4) is 0 Å². The van der Waals surface area contributed by atoms with Crippen LogP contribution in [0.4, 0.5) is 18.9 Å². The van der Waals surface area contributed by atoms with Crippen LogP contribution in [0.5, 0.6) is 0 Å². The summed E-state index contributed by atoms with van der Waals surface area (Å²) < 4.78 is 68.7. The highest BCUT2D eigenvalue weighted by Gasteiger charge is 2.32. The molecule has 0 aliphatic rings. The van der Waals surface area contributed by atoms with Gasteiger partial charge in [0.15, 0.2) is 5.82 Å². The van der Waals surface area contributed by atoms with Gasteiger partial charge in [0.05, 0.1) is 16.2 Å². The van der Waals surface area contributed by atoms with Crippen LogP contribution in [-0.2, 0) is 23.2 Å². The molecule has 8 nitrogen and oxygen atoms in total. The van der Waals surface area contributed by atoms with E-state index in [-0.39, 0.29) is 11.5 Å². The predicted molar refractivity (Wildman–Crippen MR) is 85.1 cm³/mol. The molecule has 0 fully saturated rings. The molecule has 138 valence electrons. The fraction of sp³-hybridized carbons (Fsp3) is 0.214. The number of hydrogen-bond donors (Lipinski definition) is 1. The fourth-order valence-electron chi connectivity index (χ4n) is 2.38. The fourth-order valence-corrected chi connectivity index (χ4v) is 3.54. The van der Waals surface area contributed by atoms with E-state index >= 15 is 0 Å². The molecule has 0 atom stereocenters. The van der Waals surface area contributed by atoms with E-state index in [9.17, 15) is 21.6 Å². The van der Waals surface area contributed by atoms with Gasteiger partial charge >= 0.3 is 6.18 Å². The van der Waals surface area contributed by atoms with E-state index in [4.69, 9.17) is 0 Å². The lowest BCUT2D eigenvalue weighted by Crippen LogP contribution is -2.16. The molecule has 0 saturated carbocycles. The average Bonchev–Trinajstić information content (AvgIpc) is 3.15. The van der Waals surface area contributed by atoms with Gasteiger partial charge in [-0.1, -0.05) is 6.07 Å². The van der Waals surface area contributed by atoms with Crippen molar-refractivity contribution in [3.05, 3.63) is 48.2 Å². The van der Waals surface area contributed by atoms with Gasteiger partial charge in [0.25, 0.3) is 10.0 Å². The number of nitrogens with zero attached hydrogens (tertiary/aromatic N) is 5. The lowest BCUT2D eigenvalue weighted by molar-refractivity contribution is -0.137. The van der Waals surface area contributed by atoms with E-state index in [1.54, 1.807) is 14.0 Å². The van der Waals surface area contributed by atoms with Gasteiger partial charge in [0.2, 0.25) is 0 Å². The number of benzene rings is 1. The Morgan fingerprint density at radius 2 is 1.96 bits per heavy atom. The maximum atomic E-state index is 12.9. The second-order valence-electron chi connectivity index (χ2n) is 5.38. The number of halogens is 3. The summed E-state index contributed by atoms with van der Waals surface area (Å²) in [7, 11) is -2.71. The third-order valence-electron chi connectivity index (χ3n) is 3.54. The van der Waals surface area contributed by atoms with Gasteiger partial charge in [-0.3, -0.25) is 4.72 Å². The molecule has 0 bridgehead atoms. The second-order valence-corrected chi connectivity index (χ2v) is 7.06. The Morgan fingerprint density at radius 3 is 2.58 bits per heavy atom. The normalized spacial score (nSPS) is 12.3. The minimum Gasteiger partial charge on any atom is -0.274 e. The number of alkyl halides is 3. The topological polar surface area (TPSA) is 94.7 Å². The van der Waals surface area contributed by atoms with E-state index in [0.29, 0.717) is 11.8 Å². The number of rotatable bonds is 4. The van der Waals surface area contributed by atoms with Crippen molar-refractivity contribution < 1.29 is 21.6 Å². The molecule has 2 heterocycles. The third kappa shape index (κ3) is 3.27. The predicted octanol–water partition coefficient (Wildman–Crippen LogP) is 2.13. The molecule has 0 radical (unpaired) electrons. The smallest absolute Gasteiger partial charge is 0.274 e. The monoisotopic (exact) mass is 386 g/mol. The van der Waals surface area contributed by atoms with Crippen molar-refractivity contribution in [2.24, 2.45) is 7.05 Å². The molecule has 3 aromatic rings. The maximum Gasteiger partial charge on any atom is 0.416 e. The van der Waals surface area contributed by atoms with Crippen molar-refractivity contribution >= 4 is 15.7 Å². The molecule has 0 aliphatic carbocycles. The molecule has 1 aromatic carbocycles. The molecule has 3 rings (SSSR count). The Bertz CT molecular complexity index is 1040. The maximum absolute atomic E-state index is 12.9. The number of sulfonamides is 1. The minimum atomic E-state index is -4.65. The van der Waals surface area contributed by atoms with Crippen LogP contribution in [0.15, 0.2) is 41.8 Å². The van der Waals surface area contributed by atoms with Crippen LogP contribution < -0.4 is 4.72 Å². The van der Waals surface area contributed by atoms with Crippen LogP contribution in [0.25, 0.3) is 5.82 Å². The number of aromatic nitrogens is 5. The second kappa shape index (κ2) is 6.12. The van der Waals surface area contributed by atoms with E-state index < -0.39 is 26.7 Å². The van der Waals surface area contributed by atoms with E-state index in [2.05, 4.69) is 19.9 Å². The first-order chi connectivity index (χ1) is 12.1. The average molecular weight is 386 g/mol. The molecule has 0 amide bonds. The van der Waals surface area contributed by atoms with Crippen LogP contribution >= 0.6 is 0 Å². The van der Waals surface area contributed by atoms with Crippen LogP contribution in [0.2, 0.25) is 0 Å². The van der Waals surface area contributed by atoms with Crippen LogP contribution in [-0.4, -0.2) is 33.0 Å². The van der Waals surface area contributed by atoms with Gasteiger partial charge < -0.3 is 0 Å². The molecular weight excluding hydrogens is 373 g/mol. The zero-order valence-corrected chi connectivity index (χ0v) is 14.4. The molecular formula is C14H13F3N6O2S. The minimum absolute atomic E-state index is 0.0930. The third-order valence-corrected chi connectivity index (χ3v) is 4.88. The van der Waals surface area contributed by atoms with Crippen molar-refractivity contribution in [2.75, 3.05) is 4.72 Å². The standard InChI is InChI=1S/C14H13F3N6O2S/c1-9-12(13(22(2)20-9)23-8-18-7-19-23)21-26(24,25)11-5-3-4-10(6-11)14(15,16)17/h3-8,21H,1-2H3. The first kappa shape index (κ1) is 17.9. The Morgan fingerprint density at radius 1 is 1.23 bits per heavy atom. The highest BCUT2D eigenvalue weighted by molar-refractivity contribution is 7.92. The molecule has 0 spiro atoms. The van der Waals surface area contributed by atoms with Gasteiger partial charge in [0, 0.05) is 7.05 Å². The Kier molecular flexibility index (Phi) is 4.22. The number of anilines is 1. The Hall–Kier alpha value is -2.89. The van der Waals surface area contributed by atoms with Gasteiger partial charge in [0.1, 0.15) is 18.3 Å². The molecule has 0 saturated heterocycles. The lowest BCUT2D eigenvalue weighted by atomic mass is 10.2. The Balaban J connectivity index is 2.05. The summed E-state index contributed by atoms with van der Waals surface area (Å²) in [5.74, 6) is 0.274. The number of nitrogens with one attached hydrogen (secondary N) is 1. The summed E-state index contributed by atoms with van der Waals surface area (Å²) in [4.78, 5) is 3.28. The molecule has 2 aromatic heterocycles. The molecule has 1 N–H and O–H groups in total. The van der Waals surface area contributed by atoms with Gasteiger partial charge in [-0.2, -0.15) is 23.4 Å². The molecule has 12 heteroatoms. The van der Waals surface area contributed by atoms with Crippen molar-refractivity contribution in [1.29, 1.82) is 0 Å². The zero-order valence-electron chi connectivity index (χ0n) is 13.6. The first-order valence-electron chi connectivity index (χ1n) is 7.18. The van der Waals surface area contributed by atoms with Crippen molar-refractivity contribution in [1.82, 2.24) is 24.5 Å². The lowest BCUT2D eigenvalue weighted by Gasteiger charge is -2.12. The summed E-state index contributed by atoms with van der Waals surface area (Å²) in [6, 6.07) is 3.49. The highest BCUT2D eigenvalue weighted by atomic mass is 32.2. The van der Waals surface area contributed by atoms with E-state index in [0.717, 1.165) is 18.2 Å². The summed E-state index contributed by atoms with van der Waals surface area (Å²) in [6.07, 6.45) is -2.05. The molecule has 0 aliphatic heterocycles. The van der Waals surface area contributed by atoms with E-state index in [1.807, 2.05) is 0 Å². The van der Waals surface area contributed by atoms with Gasteiger partial charge in [-0.05, 0) is 25.1 Å². The molecule has 26 heavy (non-hydrogen) atoms. The summed E-state index contributed by atoms with van der Waals surface area (Å²) in [5, 5.41) is 8.05. The summed E-state index contributed by atoms with van der Waals surface area (Å²) in [6.45, 7) is 1.56. The molecule has 0 unspecified atom stereocenters. The largest absolute Gasteiger partial charge is 0.416 e. The summed E-state index contributed by atoms with van der Waals surface area (Å²) in [5.41, 5.74) is -0.635. The Labute approximate surface area is 146 Å². The van der Waals surface area contributed by atoms with Crippen LogP contribution in [0.1, 0.15) is 11.3 Å². The van der Waals surface area contributed by atoms with Crippen molar-refractivity contribution in [3.8, 4) is 5.82 Å². The van der Waals surface area contributed by atoms with Gasteiger partial charge in [-0.15, -0.1) is 0 Å². The number of aryl methyl sites for hydroxylation is 2. The van der Waals surface area contributed by atoms with E-state index in [1.165, 1.54) is 22.0 Å². The van der Waals surface area contributed by atoms with Crippen LogP contribution in [0, 0.1) is 6.92 Å². The highest BCUT2D eigenvalue weighted by Crippen LogP contribution is 2.31. The van der Waals surface area contributed by atoms with Crippen molar-refractivity contribution in [3.63, 3.8) is 0 Å². The van der Waals surface area contributed by atoms with Gasteiger partial charge in [-0.25, -0.2) is 22.8 Å². The summed E-state index contributed by atoms with van der Waals surface area (Å²) >= 11 is 0. The number of hydrogen-bond acceptors (Lipinski definition) is 5. The quantitative estimate of drug-likeness (QED) is 0.741. The first-order valence-corrected chi connectivity index (χ1v) is 8.66. The van der Waals surface area contributed by atoms with Crippen molar-refractivity contribution in [2.45, 2.75) is 18.0 Å².